The number of hydrogen-bond donors (Lipinski definition) is 0. The highest BCUT2D eigenvalue weighted by Gasteiger charge is 2.40. The van der Waals surface area contributed by atoms with Gasteiger partial charge in [-0.25, -0.2) is 18.2 Å². The molecule has 1 aromatic heterocycles. The standard InChI is InChI=1S/C22H12F7NO2S/c1-11-2-5-13(6-3-11)31-21(26,27)12-4-7-17-18(8-12)33-20(30-17)22(28,29)32-14-9-15(23)19(25)16(24)10-14/h2-10H,1H3. The van der Waals surface area contributed by atoms with Gasteiger partial charge in [-0.3, -0.25) is 0 Å². The number of hydrogen-bond acceptors (Lipinski definition) is 4. The lowest BCUT2D eigenvalue weighted by Gasteiger charge is -2.18. The lowest BCUT2D eigenvalue weighted by Crippen LogP contribution is -2.21. The van der Waals surface area contributed by atoms with Crippen LogP contribution in [-0.2, 0) is 12.2 Å². The summed E-state index contributed by atoms with van der Waals surface area (Å²) < 4.78 is 107. The highest BCUT2D eigenvalue weighted by atomic mass is 32.1. The summed E-state index contributed by atoms with van der Waals surface area (Å²) in [5.74, 6) is -6.34. The van der Waals surface area contributed by atoms with Gasteiger partial charge in [0.1, 0.15) is 11.5 Å². The third-order valence-corrected chi connectivity index (χ3v) is 5.51. The average Bonchev–Trinajstić information content (AvgIpc) is 3.18. The molecular weight excluding hydrogens is 475 g/mol. The normalized spacial score (nSPS) is 12.2. The molecule has 0 saturated carbocycles. The largest absolute Gasteiger partial charge is 0.454 e. The molecule has 3 aromatic carbocycles. The van der Waals surface area contributed by atoms with Gasteiger partial charge in [-0.05, 0) is 37.3 Å². The first kappa shape index (κ1) is 22.8. The Hall–Kier alpha value is -3.34. The van der Waals surface area contributed by atoms with Crippen LogP contribution in [0.5, 0.6) is 11.5 Å². The second-order valence-corrected chi connectivity index (χ2v) is 7.98. The summed E-state index contributed by atoms with van der Waals surface area (Å²) in [6, 6.07) is 9.43. The summed E-state index contributed by atoms with van der Waals surface area (Å²) >= 11 is 0.337. The first-order valence-electron chi connectivity index (χ1n) is 9.21. The Labute approximate surface area is 186 Å². The van der Waals surface area contributed by atoms with Crippen LogP contribution >= 0.6 is 11.3 Å². The minimum Gasteiger partial charge on any atom is -0.429 e. The summed E-state index contributed by atoms with van der Waals surface area (Å²) in [6.07, 6.45) is -7.95. The van der Waals surface area contributed by atoms with Crippen molar-refractivity contribution in [2.75, 3.05) is 0 Å². The molecule has 0 saturated heterocycles. The quantitative estimate of drug-likeness (QED) is 0.212. The Kier molecular flexibility index (Phi) is 5.69. The Bertz CT molecular complexity index is 1300. The van der Waals surface area contributed by atoms with Crippen LogP contribution in [0.3, 0.4) is 0 Å². The van der Waals surface area contributed by atoms with E-state index in [4.69, 9.17) is 4.74 Å². The Morgan fingerprint density at radius 3 is 2.00 bits per heavy atom. The second-order valence-electron chi connectivity index (χ2n) is 6.95. The van der Waals surface area contributed by atoms with Crippen molar-refractivity contribution < 1.29 is 40.2 Å². The van der Waals surface area contributed by atoms with E-state index < -0.39 is 46.0 Å². The van der Waals surface area contributed by atoms with E-state index >= 15 is 0 Å². The van der Waals surface area contributed by atoms with E-state index in [1.54, 1.807) is 19.1 Å². The number of fused-ring (bicyclic) bond motifs is 1. The number of halogens is 7. The van der Waals surface area contributed by atoms with E-state index in [2.05, 4.69) is 9.72 Å². The Morgan fingerprint density at radius 2 is 1.36 bits per heavy atom. The lowest BCUT2D eigenvalue weighted by atomic mass is 10.2. The van der Waals surface area contributed by atoms with Crippen LogP contribution in [0.4, 0.5) is 30.7 Å². The molecule has 4 aromatic rings. The predicted octanol–water partition coefficient (Wildman–Crippen LogP) is 7.28. The van der Waals surface area contributed by atoms with Gasteiger partial charge in [0.05, 0.1) is 15.8 Å². The van der Waals surface area contributed by atoms with Crippen molar-refractivity contribution in [3.8, 4) is 11.5 Å². The van der Waals surface area contributed by atoms with E-state index in [-0.39, 0.29) is 28.1 Å². The van der Waals surface area contributed by atoms with Gasteiger partial charge in [-0.2, -0.15) is 17.6 Å². The molecule has 0 atom stereocenters. The van der Waals surface area contributed by atoms with Crippen molar-refractivity contribution >= 4 is 21.6 Å². The number of rotatable bonds is 6. The molecule has 172 valence electrons. The zero-order chi connectivity index (χ0) is 24.0. The number of aromatic nitrogens is 1. The monoisotopic (exact) mass is 487 g/mol. The van der Waals surface area contributed by atoms with Gasteiger partial charge in [0, 0.05) is 12.1 Å². The summed E-state index contributed by atoms with van der Waals surface area (Å²) in [7, 11) is 0. The Balaban J connectivity index is 1.61. The van der Waals surface area contributed by atoms with E-state index in [1.165, 1.54) is 12.1 Å². The van der Waals surface area contributed by atoms with E-state index in [0.717, 1.165) is 23.8 Å². The van der Waals surface area contributed by atoms with Gasteiger partial charge < -0.3 is 9.47 Å². The molecule has 11 heteroatoms. The van der Waals surface area contributed by atoms with Crippen LogP contribution < -0.4 is 9.47 Å². The van der Waals surface area contributed by atoms with E-state index in [9.17, 15) is 30.7 Å². The second kappa shape index (κ2) is 8.22. The average molecular weight is 487 g/mol. The van der Waals surface area contributed by atoms with Crippen molar-refractivity contribution in [3.05, 3.63) is 88.2 Å². The third kappa shape index (κ3) is 4.72. The van der Waals surface area contributed by atoms with E-state index in [1.807, 2.05) is 0 Å². The van der Waals surface area contributed by atoms with Crippen molar-refractivity contribution in [3.63, 3.8) is 0 Å². The highest BCUT2D eigenvalue weighted by molar-refractivity contribution is 7.18. The minimum atomic E-state index is -4.18. The van der Waals surface area contributed by atoms with Crippen LogP contribution in [0, 0.1) is 24.4 Å². The maximum absolute atomic E-state index is 14.6. The maximum Gasteiger partial charge on any atom is 0.454 e. The molecule has 0 spiro atoms. The zero-order valence-corrected chi connectivity index (χ0v) is 17.3. The highest BCUT2D eigenvalue weighted by Crippen LogP contribution is 2.39. The van der Waals surface area contributed by atoms with Crippen LogP contribution in [0.15, 0.2) is 54.6 Å². The summed E-state index contributed by atoms with van der Waals surface area (Å²) in [4.78, 5) is 3.66. The van der Waals surface area contributed by atoms with Crippen LogP contribution in [0.2, 0.25) is 0 Å². The number of aryl methyl sites for hydroxylation is 1. The first-order valence-corrected chi connectivity index (χ1v) is 10.0. The van der Waals surface area contributed by atoms with E-state index in [0.29, 0.717) is 11.3 Å². The van der Waals surface area contributed by atoms with Gasteiger partial charge in [0.2, 0.25) is 5.01 Å². The molecule has 4 rings (SSSR count). The van der Waals surface area contributed by atoms with Gasteiger partial charge in [0.15, 0.2) is 17.5 Å². The van der Waals surface area contributed by atoms with Crippen LogP contribution in [0.25, 0.3) is 10.2 Å². The topological polar surface area (TPSA) is 31.4 Å². The maximum atomic E-state index is 14.6. The SMILES string of the molecule is Cc1ccc(OC(F)(F)c2ccc3nc(C(F)(F)Oc4cc(F)c(F)c(F)c4)sc3c2)cc1. The molecule has 0 bridgehead atoms. The van der Waals surface area contributed by atoms with Gasteiger partial charge in [0.25, 0.3) is 0 Å². The molecule has 0 fully saturated rings. The molecule has 0 amide bonds. The smallest absolute Gasteiger partial charge is 0.429 e. The number of ether oxygens (including phenoxy) is 2. The number of thiazole rings is 1. The molecule has 0 radical (unpaired) electrons. The fourth-order valence-electron chi connectivity index (χ4n) is 2.83. The molecule has 3 nitrogen and oxygen atoms in total. The molecule has 1 heterocycles. The number of nitrogens with zero attached hydrogens (tertiary/aromatic N) is 1. The predicted molar refractivity (Wildman–Crippen MR) is 106 cm³/mol. The van der Waals surface area contributed by atoms with Crippen LogP contribution in [0.1, 0.15) is 16.1 Å². The zero-order valence-electron chi connectivity index (χ0n) is 16.5. The summed E-state index contributed by atoms with van der Waals surface area (Å²) in [5.41, 5.74) is 0.209. The molecule has 33 heavy (non-hydrogen) atoms. The van der Waals surface area contributed by atoms with Crippen molar-refractivity contribution in [2.24, 2.45) is 0 Å². The molecule has 0 aliphatic heterocycles. The third-order valence-electron chi connectivity index (χ3n) is 4.44. The van der Waals surface area contributed by atoms with Crippen LogP contribution in [-0.4, -0.2) is 4.98 Å². The summed E-state index contributed by atoms with van der Waals surface area (Å²) in [5, 5.41) is -0.956. The molecule has 0 aliphatic rings. The summed E-state index contributed by atoms with van der Waals surface area (Å²) in [6.45, 7) is 1.78. The fourth-order valence-corrected chi connectivity index (χ4v) is 3.74. The van der Waals surface area contributed by atoms with Gasteiger partial charge in [-0.1, -0.05) is 17.7 Å². The first-order chi connectivity index (χ1) is 15.4. The molecular formula is C22H12F7NO2S. The number of benzene rings is 3. The molecule has 0 unspecified atom stereocenters. The fraction of sp³-hybridized carbons (Fsp3) is 0.136. The number of alkyl halides is 4. The minimum absolute atomic E-state index is 0.0329. The van der Waals surface area contributed by atoms with Crippen molar-refractivity contribution in [1.29, 1.82) is 0 Å². The van der Waals surface area contributed by atoms with Crippen molar-refractivity contribution in [1.82, 2.24) is 4.98 Å². The molecule has 0 aliphatic carbocycles. The van der Waals surface area contributed by atoms with Crippen molar-refractivity contribution in [2.45, 2.75) is 19.1 Å². The van der Waals surface area contributed by atoms with Gasteiger partial charge in [-0.15, -0.1) is 11.3 Å². The lowest BCUT2D eigenvalue weighted by molar-refractivity contribution is -0.186. The Morgan fingerprint density at radius 1 is 0.758 bits per heavy atom. The van der Waals surface area contributed by atoms with Gasteiger partial charge >= 0.3 is 12.2 Å². The molecule has 0 N–H and O–H groups in total.